The molecule has 86 heavy (non-hydrogen) atoms. The molecule has 0 radical (unpaired) electrons. The first kappa shape index (κ1) is 61.1. The summed E-state index contributed by atoms with van der Waals surface area (Å²) in [6, 6.07) is 48.0. The molecule has 0 saturated carbocycles. The van der Waals surface area contributed by atoms with Crippen molar-refractivity contribution in [1.29, 1.82) is 0 Å². The average Bonchev–Trinajstić information content (AvgIpc) is 2.83. The third-order valence-electron chi connectivity index (χ3n) is 15.5. The number of rotatable bonds is 18. The SMILES string of the molecule is Cc1ccc(-c2ccc(OC3CCN(C(=O)c4cc(F)ccc4C(=O)NCCc4ccc(N(C)C)cc4)CC3)nc2)cc1.Cc1ccc(-c2ccc(OC3CCN(C(=O)c4ccc(F)cc4C(=O)NCCc4ccc(N(C)C)cc4)CC3)nc2)cc1. The molecular weight excluding hydrogens is 1090 g/mol. The maximum absolute atomic E-state index is 14.2. The molecule has 2 fully saturated rings. The number of benzene rings is 6. The number of aromatic nitrogens is 2. The Kier molecular flexibility index (Phi) is 20.5. The number of likely N-dealkylation sites (tertiary alicyclic amines) is 2. The number of carbonyl (C=O) groups is 4. The predicted octanol–water partition coefficient (Wildman–Crippen LogP) is 11.8. The van der Waals surface area contributed by atoms with E-state index in [0.29, 0.717) is 89.6 Å². The summed E-state index contributed by atoms with van der Waals surface area (Å²) >= 11 is 0. The van der Waals surface area contributed by atoms with Crippen LogP contribution < -0.4 is 29.9 Å². The Hall–Kier alpha value is -9.44. The minimum absolute atomic E-state index is 0.0456. The van der Waals surface area contributed by atoms with Crippen molar-refractivity contribution in [2.24, 2.45) is 0 Å². The standard InChI is InChI=1S/2C35H37FN4O3/c1-24-4-8-26(9-5-24)27-10-15-33(38-23-27)43-30-17-20-40(21-18-30)35(42)31-14-11-28(36)22-32(31)34(41)37-19-16-25-6-12-29(13-7-25)39(2)3;1-24-4-8-26(9-5-24)27-10-15-33(38-23-27)43-30-17-20-40(21-18-30)35(42)32-22-28(36)11-14-31(32)34(41)37-19-16-25-6-12-29(13-7-25)39(2)3/h2*4-15,22-23,30H,16-21H2,1-3H3,(H,37,41). The number of amides is 4. The zero-order chi connectivity index (χ0) is 60.7. The van der Waals surface area contributed by atoms with Gasteiger partial charge in [0.15, 0.2) is 0 Å². The first-order chi connectivity index (χ1) is 41.5. The third kappa shape index (κ3) is 16.5. The number of halogens is 2. The van der Waals surface area contributed by atoms with Gasteiger partial charge in [-0.15, -0.1) is 0 Å². The molecule has 8 aromatic rings. The molecule has 444 valence electrons. The number of nitrogens with one attached hydrogen (secondary N) is 2. The van der Waals surface area contributed by atoms with E-state index in [9.17, 15) is 28.0 Å². The molecule has 0 unspecified atom stereocenters. The maximum atomic E-state index is 14.2. The van der Waals surface area contributed by atoms with Gasteiger partial charge in [-0.05, 0) is 122 Å². The first-order valence-corrected chi connectivity index (χ1v) is 29.2. The molecule has 0 aliphatic carbocycles. The van der Waals surface area contributed by atoms with Crippen molar-refractivity contribution in [1.82, 2.24) is 30.4 Å². The van der Waals surface area contributed by atoms with Crippen LogP contribution in [0.5, 0.6) is 11.8 Å². The highest BCUT2D eigenvalue weighted by Gasteiger charge is 2.30. The lowest BCUT2D eigenvalue weighted by Crippen LogP contribution is -2.42. The molecule has 0 atom stereocenters. The zero-order valence-corrected chi connectivity index (χ0v) is 49.7. The smallest absolute Gasteiger partial charge is 0.254 e. The summed E-state index contributed by atoms with van der Waals surface area (Å²) in [6.45, 7) is 6.68. The molecular formula is C70H74F2N8O6. The largest absolute Gasteiger partial charge is 0.474 e. The molecule has 2 N–H and O–H groups in total. The van der Waals surface area contributed by atoms with E-state index in [4.69, 9.17) is 9.47 Å². The second-order valence-electron chi connectivity index (χ2n) is 22.2. The Morgan fingerprint density at radius 1 is 0.465 bits per heavy atom. The van der Waals surface area contributed by atoms with Crippen molar-refractivity contribution in [3.8, 4) is 34.0 Å². The van der Waals surface area contributed by atoms with Crippen LogP contribution in [0.2, 0.25) is 0 Å². The number of hydrogen-bond acceptors (Lipinski definition) is 10. The van der Waals surface area contributed by atoms with Gasteiger partial charge in [0.05, 0.1) is 22.3 Å². The van der Waals surface area contributed by atoms with Crippen molar-refractivity contribution >= 4 is 35.0 Å². The van der Waals surface area contributed by atoms with Gasteiger partial charge >= 0.3 is 0 Å². The second kappa shape index (κ2) is 28.9. The van der Waals surface area contributed by atoms with Gasteiger partial charge < -0.3 is 39.7 Å². The lowest BCUT2D eigenvalue weighted by atomic mass is 10.0. The fourth-order valence-corrected chi connectivity index (χ4v) is 10.3. The van der Waals surface area contributed by atoms with Gasteiger partial charge in [-0.1, -0.05) is 83.9 Å². The van der Waals surface area contributed by atoms with Crippen molar-refractivity contribution in [2.75, 3.05) is 77.3 Å². The highest BCUT2D eigenvalue weighted by Crippen LogP contribution is 2.27. The van der Waals surface area contributed by atoms with Crippen LogP contribution in [0.1, 0.15) is 89.4 Å². The van der Waals surface area contributed by atoms with Crippen LogP contribution in [0.4, 0.5) is 20.2 Å². The molecule has 2 aliphatic heterocycles. The first-order valence-electron chi connectivity index (χ1n) is 29.2. The van der Waals surface area contributed by atoms with Crippen molar-refractivity contribution in [3.63, 3.8) is 0 Å². The fraction of sp³-hybridized carbons (Fsp3) is 0.286. The molecule has 0 spiro atoms. The van der Waals surface area contributed by atoms with E-state index in [1.54, 1.807) is 22.2 Å². The van der Waals surface area contributed by atoms with Crippen molar-refractivity contribution in [3.05, 3.63) is 226 Å². The Morgan fingerprint density at radius 2 is 0.837 bits per heavy atom. The van der Waals surface area contributed by atoms with E-state index < -0.39 is 23.4 Å². The van der Waals surface area contributed by atoms with E-state index >= 15 is 0 Å². The molecule has 10 rings (SSSR count). The molecule has 2 aliphatic rings. The molecule has 0 bridgehead atoms. The molecule has 4 heterocycles. The highest BCUT2D eigenvalue weighted by atomic mass is 19.1. The maximum Gasteiger partial charge on any atom is 0.254 e. The Morgan fingerprint density at radius 3 is 1.23 bits per heavy atom. The number of carbonyl (C=O) groups excluding carboxylic acids is 4. The zero-order valence-electron chi connectivity index (χ0n) is 49.7. The number of anilines is 2. The molecule has 6 aromatic carbocycles. The van der Waals surface area contributed by atoms with Crippen LogP contribution in [0.25, 0.3) is 22.3 Å². The second-order valence-corrected chi connectivity index (χ2v) is 22.2. The van der Waals surface area contributed by atoms with Crippen LogP contribution in [0.3, 0.4) is 0 Å². The van der Waals surface area contributed by atoms with Gasteiger partial charge in [-0.3, -0.25) is 19.2 Å². The van der Waals surface area contributed by atoms with Crippen LogP contribution in [0.15, 0.2) is 170 Å². The van der Waals surface area contributed by atoms with Crippen LogP contribution >= 0.6 is 0 Å². The molecule has 2 saturated heterocycles. The Balaban J connectivity index is 0.000000205. The summed E-state index contributed by atoms with van der Waals surface area (Å²) in [5, 5.41) is 5.73. The van der Waals surface area contributed by atoms with Gasteiger partial charge in [0.25, 0.3) is 23.6 Å². The molecule has 2 aromatic heterocycles. The lowest BCUT2D eigenvalue weighted by molar-refractivity contribution is 0.0577. The van der Waals surface area contributed by atoms with E-state index in [0.717, 1.165) is 56.9 Å². The molecule has 4 amide bonds. The monoisotopic (exact) mass is 1160 g/mol. The van der Waals surface area contributed by atoms with Crippen molar-refractivity contribution < 1.29 is 37.4 Å². The summed E-state index contributed by atoms with van der Waals surface area (Å²) in [5.41, 5.74) is 11.5. The summed E-state index contributed by atoms with van der Waals surface area (Å²) in [7, 11) is 7.92. The van der Waals surface area contributed by atoms with E-state index in [2.05, 4.69) is 83.0 Å². The summed E-state index contributed by atoms with van der Waals surface area (Å²) < 4.78 is 40.6. The van der Waals surface area contributed by atoms with Crippen LogP contribution in [-0.2, 0) is 12.8 Å². The summed E-state index contributed by atoms with van der Waals surface area (Å²) in [6.07, 6.45) is 7.17. The molecule has 16 heteroatoms. The Bertz CT molecular complexity index is 3570. The topological polar surface area (TPSA) is 150 Å². The Labute approximate surface area is 502 Å². The number of pyridine rings is 2. The van der Waals surface area contributed by atoms with Gasteiger partial charge in [0, 0.05) is 140 Å². The number of ether oxygens (including phenoxy) is 2. The lowest BCUT2D eigenvalue weighted by Gasteiger charge is -2.32. The van der Waals surface area contributed by atoms with Gasteiger partial charge in [0.2, 0.25) is 11.8 Å². The third-order valence-corrected chi connectivity index (χ3v) is 15.5. The van der Waals surface area contributed by atoms with Crippen molar-refractivity contribution in [2.45, 2.75) is 64.6 Å². The summed E-state index contributed by atoms with van der Waals surface area (Å²) in [4.78, 5) is 69.3. The summed E-state index contributed by atoms with van der Waals surface area (Å²) in [5.74, 6) is -1.54. The van der Waals surface area contributed by atoms with Gasteiger partial charge in [-0.2, -0.15) is 0 Å². The minimum Gasteiger partial charge on any atom is -0.474 e. The number of nitrogens with zero attached hydrogens (tertiary/aromatic N) is 6. The quantitative estimate of drug-likeness (QED) is 0.0850. The predicted molar refractivity (Wildman–Crippen MR) is 334 cm³/mol. The number of hydrogen-bond donors (Lipinski definition) is 2. The van der Waals surface area contributed by atoms with E-state index in [1.165, 1.54) is 35.4 Å². The number of aryl methyl sites for hydroxylation is 2. The fourth-order valence-electron chi connectivity index (χ4n) is 10.3. The average molecular weight is 1160 g/mol. The van der Waals surface area contributed by atoms with Crippen LogP contribution in [0, 0.1) is 25.5 Å². The highest BCUT2D eigenvalue weighted by molar-refractivity contribution is 6.08. The normalized spacial score (nSPS) is 13.4. The molecule has 14 nitrogen and oxygen atoms in total. The minimum atomic E-state index is -0.561. The number of piperidine rings is 2. The van der Waals surface area contributed by atoms with Gasteiger partial charge in [-0.25, -0.2) is 18.7 Å². The van der Waals surface area contributed by atoms with Gasteiger partial charge in [0.1, 0.15) is 23.8 Å². The van der Waals surface area contributed by atoms with Crippen LogP contribution in [-0.4, -0.2) is 123 Å². The van der Waals surface area contributed by atoms with E-state index in [-0.39, 0.29) is 46.3 Å². The van der Waals surface area contributed by atoms with E-state index in [1.807, 2.05) is 111 Å².